The van der Waals surface area contributed by atoms with Crippen molar-refractivity contribution in [3.8, 4) is 17.1 Å². The van der Waals surface area contributed by atoms with Gasteiger partial charge in [-0.15, -0.1) is 0 Å². The third kappa shape index (κ3) is 3.69. The highest BCUT2D eigenvalue weighted by Gasteiger charge is 2.17. The van der Waals surface area contributed by atoms with E-state index in [-0.39, 0.29) is 23.3 Å². The maximum atomic E-state index is 12.4. The number of phenols is 1. The Morgan fingerprint density at radius 2 is 1.88 bits per heavy atom. The lowest BCUT2D eigenvalue weighted by molar-refractivity contribution is 0.0937. The molecule has 1 amide bonds. The van der Waals surface area contributed by atoms with Gasteiger partial charge in [-0.05, 0) is 50.6 Å². The number of nitrogens with one attached hydrogen (secondary N) is 1. The van der Waals surface area contributed by atoms with Gasteiger partial charge in [0.05, 0.1) is 11.6 Å². The number of hydrogen-bond donors (Lipinski definition) is 2. The average molecular weight is 348 g/mol. The fourth-order valence-electron chi connectivity index (χ4n) is 2.73. The van der Waals surface area contributed by atoms with Gasteiger partial charge in [0, 0.05) is 35.4 Å². The molecule has 0 radical (unpaired) electrons. The first kappa shape index (κ1) is 17.5. The van der Waals surface area contributed by atoms with E-state index in [2.05, 4.69) is 20.3 Å². The molecule has 0 aliphatic rings. The van der Waals surface area contributed by atoms with Crippen LogP contribution in [0.25, 0.3) is 11.4 Å². The summed E-state index contributed by atoms with van der Waals surface area (Å²) in [5, 5.41) is 12.9. The molecule has 132 valence electrons. The van der Waals surface area contributed by atoms with E-state index < -0.39 is 0 Å². The molecular weight excluding hydrogens is 328 g/mol. The van der Waals surface area contributed by atoms with Crippen LogP contribution in [0, 0.1) is 13.8 Å². The Kier molecular flexibility index (Phi) is 4.93. The van der Waals surface area contributed by atoms with E-state index in [9.17, 15) is 9.90 Å². The molecule has 3 aromatic rings. The van der Waals surface area contributed by atoms with Crippen molar-refractivity contribution in [2.24, 2.45) is 0 Å². The Labute approximate surface area is 152 Å². The van der Waals surface area contributed by atoms with Gasteiger partial charge in [-0.25, -0.2) is 9.97 Å². The second-order valence-electron chi connectivity index (χ2n) is 6.19. The molecule has 0 saturated heterocycles. The van der Waals surface area contributed by atoms with Crippen molar-refractivity contribution in [2.75, 3.05) is 0 Å². The quantitative estimate of drug-likeness (QED) is 0.755. The molecular formula is C20H20N4O2. The molecule has 0 bridgehead atoms. The molecule has 0 unspecified atom stereocenters. The van der Waals surface area contributed by atoms with Crippen molar-refractivity contribution in [1.29, 1.82) is 0 Å². The van der Waals surface area contributed by atoms with Crippen molar-refractivity contribution in [2.45, 2.75) is 26.8 Å². The standard InChI is InChI=1S/C20H20N4O2/c1-12-4-5-16(18(25)10-12)20(26)24-14(3)17-11-22-19(23-13(17)2)15-6-8-21-9-7-15/h4-11,14,25H,1-3H3,(H,24,26)/t14-/m1/s1. The van der Waals surface area contributed by atoms with Gasteiger partial charge in [0.1, 0.15) is 5.75 Å². The normalized spacial score (nSPS) is 11.8. The molecule has 3 rings (SSSR count). The molecule has 1 aromatic carbocycles. The second kappa shape index (κ2) is 7.31. The van der Waals surface area contributed by atoms with E-state index in [0.29, 0.717) is 5.82 Å². The number of aromatic nitrogens is 3. The van der Waals surface area contributed by atoms with Gasteiger partial charge < -0.3 is 10.4 Å². The van der Waals surface area contributed by atoms with Crippen molar-refractivity contribution in [3.05, 3.63) is 71.3 Å². The minimum absolute atomic E-state index is 0.0318. The molecule has 0 spiro atoms. The molecule has 6 nitrogen and oxygen atoms in total. The maximum Gasteiger partial charge on any atom is 0.255 e. The van der Waals surface area contributed by atoms with Crippen molar-refractivity contribution < 1.29 is 9.90 Å². The first-order valence-electron chi connectivity index (χ1n) is 8.30. The minimum Gasteiger partial charge on any atom is -0.507 e. The number of phenolic OH excluding ortho intramolecular Hbond substituents is 1. The summed E-state index contributed by atoms with van der Waals surface area (Å²) in [7, 11) is 0. The molecule has 2 heterocycles. The van der Waals surface area contributed by atoms with Crippen LogP contribution in [0.3, 0.4) is 0 Å². The topological polar surface area (TPSA) is 88.0 Å². The summed E-state index contributed by atoms with van der Waals surface area (Å²) in [6, 6.07) is 8.37. The predicted octanol–water partition coefficient (Wildman–Crippen LogP) is 3.35. The first-order valence-corrected chi connectivity index (χ1v) is 8.30. The molecule has 0 aliphatic heterocycles. The number of amides is 1. The molecule has 0 aliphatic carbocycles. The summed E-state index contributed by atoms with van der Waals surface area (Å²) < 4.78 is 0. The molecule has 1 atom stereocenters. The summed E-state index contributed by atoms with van der Waals surface area (Å²) in [6.45, 7) is 5.60. The SMILES string of the molecule is Cc1ccc(C(=O)N[C@H](C)c2cnc(-c3ccncc3)nc2C)c(O)c1. The average Bonchev–Trinajstić information content (AvgIpc) is 2.62. The van der Waals surface area contributed by atoms with Crippen LogP contribution in [0.15, 0.2) is 48.9 Å². The zero-order chi connectivity index (χ0) is 18.7. The van der Waals surface area contributed by atoms with Gasteiger partial charge >= 0.3 is 0 Å². The number of benzene rings is 1. The van der Waals surface area contributed by atoms with Gasteiger partial charge in [-0.3, -0.25) is 9.78 Å². The number of nitrogens with zero attached hydrogens (tertiary/aromatic N) is 3. The van der Waals surface area contributed by atoms with Crippen LogP contribution in [0.4, 0.5) is 0 Å². The van der Waals surface area contributed by atoms with Gasteiger partial charge in [0.15, 0.2) is 5.82 Å². The molecule has 0 saturated carbocycles. The smallest absolute Gasteiger partial charge is 0.255 e. The van der Waals surface area contributed by atoms with E-state index in [1.54, 1.807) is 36.8 Å². The molecule has 26 heavy (non-hydrogen) atoms. The number of hydrogen-bond acceptors (Lipinski definition) is 5. The van der Waals surface area contributed by atoms with Crippen LogP contribution in [0.1, 0.15) is 40.1 Å². The van der Waals surface area contributed by atoms with E-state index in [0.717, 1.165) is 22.4 Å². The predicted molar refractivity (Wildman–Crippen MR) is 98.7 cm³/mol. The van der Waals surface area contributed by atoms with E-state index in [4.69, 9.17) is 0 Å². The number of aryl methyl sites for hydroxylation is 2. The fourth-order valence-corrected chi connectivity index (χ4v) is 2.73. The van der Waals surface area contributed by atoms with Gasteiger partial charge in [-0.1, -0.05) is 6.07 Å². The maximum absolute atomic E-state index is 12.4. The van der Waals surface area contributed by atoms with Crippen LogP contribution >= 0.6 is 0 Å². The lowest BCUT2D eigenvalue weighted by Gasteiger charge is -2.17. The Morgan fingerprint density at radius 3 is 2.54 bits per heavy atom. The highest BCUT2D eigenvalue weighted by Crippen LogP contribution is 2.22. The summed E-state index contributed by atoms with van der Waals surface area (Å²) in [5.74, 6) is 0.242. The monoisotopic (exact) mass is 348 g/mol. The molecule has 0 fully saturated rings. The number of carbonyl (C=O) groups excluding carboxylic acids is 1. The van der Waals surface area contributed by atoms with Crippen LogP contribution in [0.5, 0.6) is 5.75 Å². The van der Waals surface area contributed by atoms with Gasteiger partial charge in [0.2, 0.25) is 0 Å². The fraction of sp³-hybridized carbons (Fsp3) is 0.200. The van der Waals surface area contributed by atoms with Crippen molar-refractivity contribution in [3.63, 3.8) is 0 Å². The molecule has 6 heteroatoms. The lowest BCUT2D eigenvalue weighted by atomic mass is 10.1. The highest BCUT2D eigenvalue weighted by atomic mass is 16.3. The van der Waals surface area contributed by atoms with E-state index in [1.807, 2.05) is 32.9 Å². The highest BCUT2D eigenvalue weighted by molar-refractivity contribution is 5.97. The van der Waals surface area contributed by atoms with E-state index >= 15 is 0 Å². The third-order valence-electron chi connectivity index (χ3n) is 4.17. The summed E-state index contributed by atoms with van der Waals surface area (Å²) in [4.78, 5) is 25.4. The van der Waals surface area contributed by atoms with Crippen LogP contribution in [0.2, 0.25) is 0 Å². The zero-order valence-electron chi connectivity index (χ0n) is 14.9. The van der Waals surface area contributed by atoms with Gasteiger partial charge in [-0.2, -0.15) is 0 Å². The Bertz CT molecular complexity index is 942. The second-order valence-corrected chi connectivity index (χ2v) is 6.19. The first-order chi connectivity index (χ1) is 12.5. The number of aromatic hydroxyl groups is 1. The van der Waals surface area contributed by atoms with Crippen LogP contribution in [-0.2, 0) is 0 Å². The molecule has 2 aromatic heterocycles. The summed E-state index contributed by atoms with van der Waals surface area (Å²) in [6.07, 6.45) is 5.11. The zero-order valence-corrected chi connectivity index (χ0v) is 14.9. The summed E-state index contributed by atoms with van der Waals surface area (Å²) in [5.41, 5.74) is 3.63. The lowest BCUT2D eigenvalue weighted by Crippen LogP contribution is -2.27. The minimum atomic E-state index is -0.340. The van der Waals surface area contributed by atoms with Crippen LogP contribution in [-0.4, -0.2) is 26.0 Å². The Morgan fingerprint density at radius 1 is 1.15 bits per heavy atom. The van der Waals surface area contributed by atoms with E-state index in [1.165, 1.54) is 0 Å². The van der Waals surface area contributed by atoms with Crippen LogP contribution < -0.4 is 5.32 Å². The van der Waals surface area contributed by atoms with Gasteiger partial charge in [0.25, 0.3) is 5.91 Å². The Hall–Kier alpha value is -3.28. The number of carbonyl (C=O) groups is 1. The largest absolute Gasteiger partial charge is 0.507 e. The number of pyridine rings is 1. The van der Waals surface area contributed by atoms with Crippen molar-refractivity contribution >= 4 is 5.91 Å². The number of rotatable bonds is 4. The summed E-state index contributed by atoms with van der Waals surface area (Å²) >= 11 is 0. The molecule has 2 N–H and O–H groups in total. The van der Waals surface area contributed by atoms with Crippen molar-refractivity contribution in [1.82, 2.24) is 20.3 Å². The third-order valence-corrected chi connectivity index (χ3v) is 4.17. The Balaban J connectivity index is 1.79.